The van der Waals surface area contributed by atoms with Crippen molar-refractivity contribution in [2.24, 2.45) is 10.9 Å². The van der Waals surface area contributed by atoms with Crippen LogP contribution in [0.1, 0.15) is 37.3 Å². The molecule has 6 heteroatoms. The lowest BCUT2D eigenvalue weighted by molar-refractivity contribution is -0.122. The topological polar surface area (TPSA) is 65.5 Å². The van der Waals surface area contributed by atoms with Crippen molar-refractivity contribution in [3.05, 3.63) is 64.7 Å². The van der Waals surface area contributed by atoms with Crippen molar-refractivity contribution in [3.63, 3.8) is 0 Å². The number of carbonyl (C=O) groups excluding carboxylic acids is 1. The Hall–Kier alpha value is -2.53. The highest BCUT2D eigenvalue weighted by atomic mass is 35.5. The fourth-order valence-corrected chi connectivity index (χ4v) is 3.22. The van der Waals surface area contributed by atoms with E-state index in [9.17, 15) is 4.79 Å². The van der Waals surface area contributed by atoms with Gasteiger partial charge in [0.25, 0.3) is 0 Å². The van der Waals surface area contributed by atoms with Crippen molar-refractivity contribution in [1.82, 2.24) is 10.6 Å². The number of nitrogens with zero attached hydrogens (tertiary/aromatic N) is 1. The van der Waals surface area contributed by atoms with Crippen molar-refractivity contribution >= 4 is 29.2 Å². The fraction of sp³-hybridized carbons (Fsp3) is 0.364. The average molecular weight is 399 g/mol. The van der Waals surface area contributed by atoms with Gasteiger partial charge in [0.05, 0.1) is 6.54 Å². The maximum atomic E-state index is 12.1. The van der Waals surface area contributed by atoms with Gasteiger partial charge in [-0.15, -0.1) is 0 Å². The van der Waals surface area contributed by atoms with E-state index in [-0.39, 0.29) is 11.8 Å². The number of benzene rings is 2. The van der Waals surface area contributed by atoms with Gasteiger partial charge in [-0.05, 0) is 55.2 Å². The summed E-state index contributed by atoms with van der Waals surface area (Å²) in [6.07, 6.45) is 3.16. The van der Waals surface area contributed by atoms with Gasteiger partial charge in [0.1, 0.15) is 0 Å². The molecule has 2 aromatic rings. The Morgan fingerprint density at radius 1 is 1.11 bits per heavy atom. The number of aliphatic imine (C=N–C) groups is 1. The van der Waals surface area contributed by atoms with E-state index in [0.29, 0.717) is 18.1 Å². The summed E-state index contributed by atoms with van der Waals surface area (Å²) in [6.45, 7) is 3.98. The van der Waals surface area contributed by atoms with E-state index in [1.165, 1.54) is 0 Å². The second kappa shape index (κ2) is 10.1. The Morgan fingerprint density at radius 2 is 1.89 bits per heavy atom. The second-order valence-electron chi connectivity index (χ2n) is 7.00. The zero-order valence-corrected chi connectivity index (χ0v) is 16.9. The molecule has 0 bridgehead atoms. The number of nitrogens with one attached hydrogen (secondary N) is 3. The molecule has 0 aromatic heterocycles. The van der Waals surface area contributed by atoms with E-state index < -0.39 is 0 Å². The third kappa shape index (κ3) is 5.99. The first-order chi connectivity index (χ1) is 13.6. The summed E-state index contributed by atoms with van der Waals surface area (Å²) >= 11 is 6.04. The summed E-state index contributed by atoms with van der Waals surface area (Å²) in [5.41, 5.74) is 2.99. The van der Waals surface area contributed by atoms with Crippen LogP contribution in [0.3, 0.4) is 0 Å². The maximum Gasteiger partial charge on any atom is 0.227 e. The molecule has 0 radical (unpaired) electrons. The Morgan fingerprint density at radius 3 is 2.61 bits per heavy atom. The van der Waals surface area contributed by atoms with Gasteiger partial charge in [-0.3, -0.25) is 4.79 Å². The Kier molecular flexibility index (Phi) is 7.31. The molecule has 0 unspecified atom stereocenters. The lowest BCUT2D eigenvalue weighted by Crippen LogP contribution is -2.36. The van der Waals surface area contributed by atoms with Crippen LogP contribution in [-0.2, 0) is 17.9 Å². The molecule has 0 atom stereocenters. The molecule has 3 rings (SSSR count). The third-order valence-electron chi connectivity index (χ3n) is 4.78. The molecule has 1 aliphatic rings. The molecule has 5 nitrogen and oxygen atoms in total. The van der Waals surface area contributed by atoms with Crippen LogP contribution in [0.4, 0.5) is 5.69 Å². The van der Waals surface area contributed by atoms with Crippen LogP contribution >= 0.6 is 11.6 Å². The van der Waals surface area contributed by atoms with Crippen LogP contribution in [0.15, 0.2) is 53.5 Å². The van der Waals surface area contributed by atoms with Gasteiger partial charge in [0, 0.05) is 29.7 Å². The van der Waals surface area contributed by atoms with Gasteiger partial charge >= 0.3 is 0 Å². The molecule has 1 amide bonds. The molecule has 1 saturated carbocycles. The first kappa shape index (κ1) is 20.2. The smallest absolute Gasteiger partial charge is 0.227 e. The highest BCUT2D eigenvalue weighted by Crippen LogP contribution is 2.27. The number of carbonyl (C=O) groups is 1. The lowest BCUT2D eigenvalue weighted by atomic mass is 9.85. The monoisotopic (exact) mass is 398 g/mol. The van der Waals surface area contributed by atoms with E-state index >= 15 is 0 Å². The van der Waals surface area contributed by atoms with Crippen LogP contribution in [0, 0.1) is 5.92 Å². The number of rotatable bonds is 7. The number of guanidine groups is 1. The Bertz CT molecular complexity index is 833. The SMILES string of the molecule is CCNC(=NCc1cccc(Cl)c1)NCc1cccc(NC(=O)C2CCC2)c1. The highest BCUT2D eigenvalue weighted by molar-refractivity contribution is 6.30. The van der Waals surface area contributed by atoms with Gasteiger partial charge in [-0.2, -0.15) is 0 Å². The van der Waals surface area contributed by atoms with E-state index in [1.807, 2.05) is 55.5 Å². The van der Waals surface area contributed by atoms with Gasteiger partial charge in [-0.25, -0.2) is 4.99 Å². The first-order valence-electron chi connectivity index (χ1n) is 9.80. The molecule has 0 saturated heterocycles. The standard InChI is InChI=1S/C22H27ClN4O/c1-2-24-22(25-14-16-6-3-10-19(23)12-16)26-15-17-7-4-11-20(13-17)27-21(28)18-8-5-9-18/h3-4,6-7,10-13,18H,2,5,8-9,14-15H2,1H3,(H,27,28)(H2,24,25,26). The minimum atomic E-state index is 0.132. The van der Waals surface area contributed by atoms with Crippen LogP contribution < -0.4 is 16.0 Å². The molecule has 28 heavy (non-hydrogen) atoms. The zero-order chi connectivity index (χ0) is 19.8. The largest absolute Gasteiger partial charge is 0.357 e. The predicted octanol–water partition coefficient (Wildman–Crippen LogP) is 4.33. The molecule has 3 N–H and O–H groups in total. The van der Waals surface area contributed by atoms with Gasteiger partial charge < -0.3 is 16.0 Å². The quantitative estimate of drug-likeness (QED) is 0.480. The number of amides is 1. The van der Waals surface area contributed by atoms with E-state index in [1.54, 1.807) is 0 Å². The van der Waals surface area contributed by atoms with Crippen molar-refractivity contribution < 1.29 is 4.79 Å². The summed E-state index contributed by atoms with van der Waals surface area (Å²) in [4.78, 5) is 16.8. The molecule has 0 heterocycles. The molecule has 148 valence electrons. The third-order valence-corrected chi connectivity index (χ3v) is 5.02. The Balaban J connectivity index is 1.57. The zero-order valence-electron chi connectivity index (χ0n) is 16.2. The van der Waals surface area contributed by atoms with Crippen LogP contribution in [-0.4, -0.2) is 18.4 Å². The number of hydrogen-bond acceptors (Lipinski definition) is 2. The Labute approximate surface area is 171 Å². The van der Waals surface area contributed by atoms with Crippen molar-refractivity contribution in [2.75, 3.05) is 11.9 Å². The van der Waals surface area contributed by atoms with Gasteiger partial charge in [-0.1, -0.05) is 42.3 Å². The number of hydrogen-bond donors (Lipinski definition) is 3. The molecular formula is C22H27ClN4O. The molecule has 0 spiro atoms. The van der Waals surface area contributed by atoms with Crippen LogP contribution in [0.5, 0.6) is 0 Å². The first-order valence-corrected chi connectivity index (χ1v) is 10.2. The maximum absolute atomic E-state index is 12.1. The number of anilines is 1. The summed E-state index contributed by atoms with van der Waals surface area (Å²) in [5, 5.41) is 10.3. The van der Waals surface area contributed by atoms with Crippen molar-refractivity contribution in [1.29, 1.82) is 0 Å². The summed E-state index contributed by atoms with van der Waals surface area (Å²) in [6, 6.07) is 15.6. The summed E-state index contributed by atoms with van der Waals surface area (Å²) in [7, 11) is 0. The minimum absolute atomic E-state index is 0.132. The highest BCUT2D eigenvalue weighted by Gasteiger charge is 2.25. The second-order valence-corrected chi connectivity index (χ2v) is 7.43. The molecular weight excluding hydrogens is 372 g/mol. The normalized spacial score (nSPS) is 14.3. The van der Waals surface area contributed by atoms with Crippen molar-refractivity contribution in [2.45, 2.75) is 39.3 Å². The predicted molar refractivity (Wildman–Crippen MR) is 116 cm³/mol. The average Bonchev–Trinajstić information content (AvgIpc) is 2.63. The minimum Gasteiger partial charge on any atom is -0.357 e. The summed E-state index contributed by atoms with van der Waals surface area (Å²) in [5.74, 6) is 1.06. The fourth-order valence-electron chi connectivity index (χ4n) is 3.01. The molecule has 1 fully saturated rings. The lowest BCUT2D eigenvalue weighted by Gasteiger charge is -2.24. The van der Waals surface area contributed by atoms with E-state index in [4.69, 9.17) is 11.6 Å². The van der Waals surface area contributed by atoms with E-state index in [2.05, 4.69) is 20.9 Å². The van der Waals surface area contributed by atoms with Crippen LogP contribution in [0.25, 0.3) is 0 Å². The number of halogens is 1. The van der Waals surface area contributed by atoms with E-state index in [0.717, 1.165) is 48.6 Å². The van der Waals surface area contributed by atoms with Crippen molar-refractivity contribution in [3.8, 4) is 0 Å². The molecule has 0 aliphatic heterocycles. The molecule has 2 aromatic carbocycles. The van der Waals surface area contributed by atoms with Crippen LogP contribution in [0.2, 0.25) is 5.02 Å². The van der Waals surface area contributed by atoms with Gasteiger partial charge in [0.2, 0.25) is 5.91 Å². The van der Waals surface area contributed by atoms with Gasteiger partial charge in [0.15, 0.2) is 5.96 Å². The molecule has 1 aliphatic carbocycles. The summed E-state index contributed by atoms with van der Waals surface area (Å²) < 4.78 is 0.